The monoisotopic (exact) mass is 435 g/mol. The third-order valence-corrected chi connectivity index (χ3v) is 6.47. The number of aromatic nitrogens is 2. The highest BCUT2D eigenvalue weighted by molar-refractivity contribution is 5.64. The van der Waals surface area contributed by atoms with Gasteiger partial charge in [-0.25, -0.2) is 9.48 Å². The Balaban J connectivity index is 1.69. The number of nitrogens with zero attached hydrogens (tertiary/aromatic N) is 5. The fourth-order valence-corrected chi connectivity index (χ4v) is 4.68. The van der Waals surface area contributed by atoms with Gasteiger partial charge in [0.15, 0.2) is 0 Å². The van der Waals surface area contributed by atoms with Crippen molar-refractivity contribution < 1.29 is 14.6 Å². The molecule has 3 rings (SSSR count). The van der Waals surface area contributed by atoms with Crippen molar-refractivity contribution >= 4 is 6.09 Å². The van der Waals surface area contributed by atoms with E-state index < -0.39 is 6.09 Å². The molecule has 1 N–H and O–H groups in total. The van der Waals surface area contributed by atoms with Gasteiger partial charge >= 0.3 is 6.09 Å². The Morgan fingerprint density at radius 1 is 1.23 bits per heavy atom. The first-order valence-electron chi connectivity index (χ1n) is 11.9. The Morgan fingerprint density at radius 3 is 2.58 bits per heavy atom. The van der Waals surface area contributed by atoms with Gasteiger partial charge in [0.25, 0.3) is 0 Å². The van der Waals surface area contributed by atoms with Crippen molar-refractivity contribution in [3.63, 3.8) is 0 Å². The number of hydrogen-bond acceptors (Lipinski definition) is 5. The normalized spacial score (nSPS) is 21.2. The molecule has 0 aliphatic carbocycles. The van der Waals surface area contributed by atoms with Crippen molar-refractivity contribution in [2.75, 3.05) is 53.4 Å². The van der Waals surface area contributed by atoms with Gasteiger partial charge in [-0.3, -0.25) is 0 Å². The lowest BCUT2D eigenvalue weighted by molar-refractivity contribution is -0.0398. The van der Waals surface area contributed by atoms with Crippen LogP contribution in [0.25, 0.3) is 0 Å². The molecule has 31 heavy (non-hydrogen) atoms. The molecule has 2 aliphatic heterocycles. The molecule has 2 aliphatic rings. The van der Waals surface area contributed by atoms with Crippen molar-refractivity contribution in [1.82, 2.24) is 24.5 Å². The summed E-state index contributed by atoms with van der Waals surface area (Å²) in [5.41, 5.74) is 2.48. The maximum Gasteiger partial charge on any atom is 0.407 e. The molecule has 176 valence electrons. The van der Waals surface area contributed by atoms with Gasteiger partial charge in [0.2, 0.25) is 0 Å². The quantitative estimate of drug-likeness (QED) is 0.640. The van der Waals surface area contributed by atoms with Crippen LogP contribution in [0.15, 0.2) is 6.20 Å². The van der Waals surface area contributed by atoms with E-state index in [1.807, 2.05) is 0 Å². The molecule has 8 nitrogen and oxygen atoms in total. The molecule has 1 aromatic rings. The largest absolute Gasteiger partial charge is 0.465 e. The van der Waals surface area contributed by atoms with Crippen molar-refractivity contribution in [1.29, 1.82) is 0 Å². The lowest BCUT2D eigenvalue weighted by Crippen LogP contribution is -2.36. The molecule has 0 aromatic carbocycles. The Morgan fingerprint density at radius 2 is 1.97 bits per heavy atom. The molecule has 0 radical (unpaired) electrons. The number of carbonyl (C=O) groups is 1. The fraction of sp³-hybridized carbons (Fsp3) is 0.826. The topological polar surface area (TPSA) is 74.1 Å². The summed E-state index contributed by atoms with van der Waals surface area (Å²) >= 11 is 0. The summed E-state index contributed by atoms with van der Waals surface area (Å²) in [5.74, 6) is 1.19. The van der Waals surface area contributed by atoms with Crippen molar-refractivity contribution in [3.8, 4) is 0 Å². The van der Waals surface area contributed by atoms with Crippen LogP contribution < -0.4 is 0 Å². The molecule has 2 saturated heterocycles. The van der Waals surface area contributed by atoms with Gasteiger partial charge in [0, 0.05) is 57.5 Å². The van der Waals surface area contributed by atoms with E-state index in [4.69, 9.17) is 14.9 Å². The maximum atomic E-state index is 11.1. The number of amides is 1. The predicted molar refractivity (Wildman–Crippen MR) is 121 cm³/mol. The zero-order valence-electron chi connectivity index (χ0n) is 19.8. The lowest BCUT2D eigenvalue weighted by atomic mass is 9.91. The average molecular weight is 436 g/mol. The summed E-state index contributed by atoms with van der Waals surface area (Å²) in [6.45, 7) is 10.8. The minimum atomic E-state index is -0.885. The molecule has 1 atom stereocenters. The first-order chi connectivity index (χ1) is 14.8. The molecule has 0 bridgehead atoms. The van der Waals surface area contributed by atoms with Crippen LogP contribution in [0.5, 0.6) is 0 Å². The SMILES string of the molecule is CC(C)CN1CCC(c2nn(C3CCCCO3)cc2CN(C)CCN(C)C(=O)O)CC1. The van der Waals surface area contributed by atoms with Crippen molar-refractivity contribution in [2.45, 2.75) is 64.6 Å². The first kappa shape index (κ1) is 24.0. The molecule has 1 unspecified atom stereocenters. The van der Waals surface area contributed by atoms with Gasteiger partial charge in [-0.05, 0) is 58.2 Å². The summed E-state index contributed by atoms with van der Waals surface area (Å²) in [7, 11) is 3.67. The summed E-state index contributed by atoms with van der Waals surface area (Å²) in [6.07, 6.45) is 6.97. The van der Waals surface area contributed by atoms with Gasteiger partial charge in [-0.1, -0.05) is 13.8 Å². The third-order valence-electron chi connectivity index (χ3n) is 6.47. The van der Waals surface area contributed by atoms with Crippen LogP contribution in [-0.4, -0.2) is 89.1 Å². The van der Waals surface area contributed by atoms with Gasteiger partial charge in [-0.2, -0.15) is 5.10 Å². The molecule has 2 fully saturated rings. The van der Waals surface area contributed by atoms with Crippen LogP contribution in [0.2, 0.25) is 0 Å². The van der Waals surface area contributed by atoms with E-state index in [1.54, 1.807) is 7.05 Å². The standard InChI is InChI=1S/C23H41N5O3/c1-18(2)15-27-10-8-19(9-11-27)22-20(16-25(3)12-13-26(4)23(29)30)17-28(24-22)21-7-5-6-14-31-21/h17-19,21H,5-16H2,1-4H3,(H,29,30). The Kier molecular flexibility index (Phi) is 8.75. The molecular weight excluding hydrogens is 394 g/mol. The number of hydrogen-bond donors (Lipinski definition) is 1. The molecular formula is C23H41N5O3. The highest BCUT2D eigenvalue weighted by Crippen LogP contribution is 2.32. The van der Waals surface area contributed by atoms with E-state index in [2.05, 4.69) is 41.6 Å². The maximum absolute atomic E-state index is 11.1. The van der Waals surface area contributed by atoms with E-state index in [-0.39, 0.29) is 6.23 Å². The highest BCUT2D eigenvalue weighted by atomic mass is 16.5. The van der Waals surface area contributed by atoms with Crippen molar-refractivity contribution in [3.05, 3.63) is 17.5 Å². The average Bonchev–Trinajstić information content (AvgIpc) is 3.16. The molecule has 0 spiro atoms. The summed E-state index contributed by atoms with van der Waals surface area (Å²) in [5, 5.41) is 14.2. The van der Waals surface area contributed by atoms with E-state index in [1.165, 1.54) is 29.1 Å². The van der Waals surface area contributed by atoms with Crippen LogP contribution in [-0.2, 0) is 11.3 Å². The minimum absolute atomic E-state index is 0.0470. The second-order valence-corrected chi connectivity index (χ2v) is 9.75. The Labute approximate surface area is 187 Å². The van der Waals surface area contributed by atoms with Crippen LogP contribution in [0.1, 0.15) is 69.4 Å². The zero-order valence-corrected chi connectivity index (χ0v) is 19.8. The summed E-state index contributed by atoms with van der Waals surface area (Å²) in [6, 6.07) is 0. The summed E-state index contributed by atoms with van der Waals surface area (Å²) < 4.78 is 8.05. The van der Waals surface area contributed by atoms with Crippen LogP contribution in [0.3, 0.4) is 0 Å². The van der Waals surface area contributed by atoms with Gasteiger partial charge in [0.05, 0.1) is 5.69 Å². The van der Waals surface area contributed by atoms with Gasteiger partial charge in [-0.15, -0.1) is 0 Å². The molecule has 0 saturated carbocycles. The second-order valence-electron chi connectivity index (χ2n) is 9.75. The number of likely N-dealkylation sites (N-methyl/N-ethyl adjacent to an activating group) is 2. The minimum Gasteiger partial charge on any atom is -0.465 e. The van der Waals surface area contributed by atoms with E-state index in [0.717, 1.165) is 51.9 Å². The Hall–Kier alpha value is -1.64. The highest BCUT2D eigenvalue weighted by Gasteiger charge is 2.27. The van der Waals surface area contributed by atoms with E-state index >= 15 is 0 Å². The number of piperidine rings is 1. The van der Waals surface area contributed by atoms with Gasteiger partial charge < -0.3 is 24.5 Å². The number of likely N-dealkylation sites (tertiary alicyclic amines) is 1. The zero-order chi connectivity index (χ0) is 22.4. The Bertz CT molecular complexity index is 693. The molecule has 3 heterocycles. The van der Waals surface area contributed by atoms with Crippen LogP contribution >= 0.6 is 0 Å². The molecule has 1 aromatic heterocycles. The number of rotatable bonds is 9. The number of ether oxygens (including phenoxy) is 1. The van der Waals surface area contributed by atoms with E-state index in [0.29, 0.717) is 24.9 Å². The van der Waals surface area contributed by atoms with Crippen molar-refractivity contribution in [2.24, 2.45) is 5.92 Å². The molecule has 1 amide bonds. The first-order valence-corrected chi connectivity index (χ1v) is 11.9. The van der Waals surface area contributed by atoms with Gasteiger partial charge in [0.1, 0.15) is 6.23 Å². The lowest BCUT2D eigenvalue weighted by Gasteiger charge is -2.33. The number of carboxylic acid groups (broad SMARTS) is 1. The third kappa shape index (κ3) is 6.92. The fourth-order valence-electron chi connectivity index (χ4n) is 4.68. The smallest absolute Gasteiger partial charge is 0.407 e. The second kappa shape index (κ2) is 11.3. The van der Waals surface area contributed by atoms with E-state index in [9.17, 15) is 4.79 Å². The molecule has 8 heteroatoms. The predicted octanol–water partition coefficient (Wildman–Crippen LogP) is 3.46. The van der Waals surface area contributed by atoms with Crippen LogP contribution in [0.4, 0.5) is 4.79 Å². The van der Waals surface area contributed by atoms with Crippen LogP contribution in [0, 0.1) is 5.92 Å². The summed E-state index contributed by atoms with van der Waals surface area (Å²) in [4.78, 5) is 17.2.